The minimum atomic E-state index is -3.87. The van der Waals surface area contributed by atoms with Crippen molar-refractivity contribution in [1.29, 1.82) is 0 Å². The lowest BCUT2D eigenvalue weighted by Gasteiger charge is -2.12. The van der Waals surface area contributed by atoms with Crippen LogP contribution in [0.2, 0.25) is 5.02 Å². The molecule has 1 atom stereocenters. The molecule has 0 amide bonds. The second-order valence-electron chi connectivity index (χ2n) is 3.88. The molecular weight excluding hydrogens is 316 g/mol. The van der Waals surface area contributed by atoms with E-state index in [1.54, 1.807) is 6.92 Å². The van der Waals surface area contributed by atoms with Crippen LogP contribution in [0, 0.1) is 0 Å². The highest BCUT2D eigenvalue weighted by atomic mass is 35.5. The molecular formula is C11H14ClF2NO4S. The van der Waals surface area contributed by atoms with Gasteiger partial charge in [0.05, 0.1) is 16.0 Å². The molecule has 1 aromatic rings. The summed E-state index contributed by atoms with van der Waals surface area (Å²) in [6.07, 6.45) is -0.411. The van der Waals surface area contributed by atoms with Crippen molar-refractivity contribution < 1.29 is 27.0 Å². The summed E-state index contributed by atoms with van der Waals surface area (Å²) in [7, 11) is -3.87. The van der Waals surface area contributed by atoms with Crippen molar-refractivity contribution in [2.24, 2.45) is 0 Å². The zero-order valence-corrected chi connectivity index (χ0v) is 12.1. The fourth-order valence-electron chi connectivity index (χ4n) is 1.27. The molecule has 5 nitrogen and oxygen atoms in total. The number of nitrogens with one attached hydrogen (secondary N) is 1. The Morgan fingerprint density at radius 1 is 1.45 bits per heavy atom. The molecule has 0 bridgehead atoms. The van der Waals surface area contributed by atoms with Crippen LogP contribution < -0.4 is 9.46 Å². The summed E-state index contributed by atoms with van der Waals surface area (Å²) in [5.74, 6) is -0.311. The lowest BCUT2D eigenvalue weighted by atomic mass is 10.3. The van der Waals surface area contributed by atoms with E-state index in [0.29, 0.717) is 6.42 Å². The van der Waals surface area contributed by atoms with Gasteiger partial charge < -0.3 is 9.84 Å². The molecule has 9 heteroatoms. The molecule has 0 radical (unpaired) electrons. The number of benzene rings is 1. The van der Waals surface area contributed by atoms with Gasteiger partial charge in [0, 0.05) is 6.54 Å². The van der Waals surface area contributed by atoms with Gasteiger partial charge in [0.25, 0.3) is 0 Å². The van der Waals surface area contributed by atoms with Crippen molar-refractivity contribution in [3.8, 4) is 5.75 Å². The molecule has 0 spiro atoms. The maximum absolute atomic E-state index is 12.0. The molecule has 0 aromatic heterocycles. The number of rotatable bonds is 7. The van der Waals surface area contributed by atoms with Gasteiger partial charge in [-0.15, -0.1) is 0 Å². The number of hydrogen-bond donors (Lipinski definition) is 2. The SMILES string of the molecule is CCC(O)CNS(=O)(=O)c1ccc(OC(F)F)c(Cl)c1. The first kappa shape index (κ1) is 17.1. The Hall–Kier alpha value is -0.960. The van der Waals surface area contributed by atoms with Gasteiger partial charge in [0.15, 0.2) is 0 Å². The van der Waals surface area contributed by atoms with E-state index in [0.717, 1.165) is 18.2 Å². The lowest BCUT2D eigenvalue weighted by Crippen LogP contribution is -2.31. The van der Waals surface area contributed by atoms with Gasteiger partial charge in [-0.25, -0.2) is 13.1 Å². The minimum absolute atomic E-state index is 0.147. The van der Waals surface area contributed by atoms with Crippen LogP contribution in [0.5, 0.6) is 5.75 Å². The van der Waals surface area contributed by atoms with Crippen molar-refractivity contribution in [2.75, 3.05) is 6.54 Å². The summed E-state index contributed by atoms with van der Waals surface area (Å²) < 4.78 is 54.1. The second kappa shape index (κ2) is 7.16. The standard InChI is InChI=1S/C11H14ClF2NO4S/c1-2-7(16)6-15-20(17,18)8-3-4-10(9(12)5-8)19-11(13)14/h3-5,7,11,15-16H,2,6H2,1H3. The number of halogens is 3. The highest BCUT2D eigenvalue weighted by Gasteiger charge is 2.18. The van der Waals surface area contributed by atoms with E-state index in [1.165, 1.54) is 0 Å². The fourth-order valence-corrected chi connectivity index (χ4v) is 2.66. The molecule has 1 aromatic carbocycles. The highest BCUT2D eigenvalue weighted by molar-refractivity contribution is 7.89. The van der Waals surface area contributed by atoms with E-state index in [-0.39, 0.29) is 22.2 Å². The molecule has 0 aliphatic heterocycles. The first-order chi connectivity index (χ1) is 9.26. The molecule has 0 aliphatic carbocycles. The van der Waals surface area contributed by atoms with Crippen LogP contribution in [0.15, 0.2) is 23.1 Å². The Balaban J connectivity index is 2.88. The van der Waals surface area contributed by atoms with Crippen molar-refractivity contribution in [2.45, 2.75) is 31.0 Å². The zero-order chi connectivity index (χ0) is 15.3. The number of ether oxygens (including phenoxy) is 1. The average molecular weight is 330 g/mol. The molecule has 1 rings (SSSR count). The molecule has 2 N–H and O–H groups in total. The van der Waals surface area contributed by atoms with Crippen LogP contribution in [-0.2, 0) is 10.0 Å². The van der Waals surface area contributed by atoms with Crippen molar-refractivity contribution in [3.63, 3.8) is 0 Å². The number of alkyl halides is 2. The first-order valence-electron chi connectivity index (χ1n) is 5.68. The van der Waals surface area contributed by atoms with Gasteiger partial charge in [-0.3, -0.25) is 0 Å². The van der Waals surface area contributed by atoms with Crippen LogP contribution in [0.25, 0.3) is 0 Å². The van der Waals surface area contributed by atoms with E-state index in [1.807, 2.05) is 0 Å². The Bertz CT molecular complexity index is 553. The Labute approximate surface area is 120 Å². The average Bonchev–Trinajstić information content (AvgIpc) is 2.37. The van der Waals surface area contributed by atoms with Gasteiger partial charge in [-0.05, 0) is 24.6 Å². The summed E-state index contributed by atoms with van der Waals surface area (Å²) in [5, 5.41) is 9.06. The summed E-state index contributed by atoms with van der Waals surface area (Å²) in [6.45, 7) is -1.49. The van der Waals surface area contributed by atoms with Gasteiger partial charge in [-0.2, -0.15) is 8.78 Å². The molecule has 0 heterocycles. The molecule has 1 unspecified atom stereocenters. The maximum Gasteiger partial charge on any atom is 0.387 e. The third-order valence-corrected chi connectivity index (χ3v) is 4.13. The summed E-state index contributed by atoms with van der Waals surface area (Å²) >= 11 is 5.67. The molecule has 114 valence electrons. The number of aliphatic hydroxyl groups is 1. The fraction of sp³-hybridized carbons (Fsp3) is 0.455. The van der Waals surface area contributed by atoms with E-state index in [4.69, 9.17) is 11.6 Å². The Kier molecular flexibility index (Phi) is 6.12. The normalized spacial score (nSPS) is 13.5. The lowest BCUT2D eigenvalue weighted by molar-refractivity contribution is -0.0498. The van der Waals surface area contributed by atoms with Crippen molar-refractivity contribution in [3.05, 3.63) is 23.2 Å². The maximum atomic E-state index is 12.0. The quantitative estimate of drug-likeness (QED) is 0.802. The van der Waals surface area contributed by atoms with Gasteiger partial charge in [0.2, 0.25) is 10.0 Å². The van der Waals surface area contributed by atoms with E-state index in [2.05, 4.69) is 9.46 Å². The summed E-state index contributed by atoms with van der Waals surface area (Å²) in [5.41, 5.74) is 0. The zero-order valence-electron chi connectivity index (χ0n) is 10.5. The molecule has 0 saturated heterocycles. The highest BCUT2D eigenvalue weighted by Crippen LogP contribution is 2.28. The van der Waals surface area contributed by atoms with Gasteiger partial charge in [-0.1, -0.05) is 18.5 Å². The van der Waals surface area contributed by atoms with E-state index >= 15 is 0 Å². The molecule has 0 aliphatic rings. The van der Waals surface area contributed by atoms with Crippen LogP contribution >= 0.6 is 11.6 Å². The third kappa shape index (κ3) is 4.86. The van der Waals surface area contributed by atoms with Crippen LogP contribution in [-0.4, -0.2) is 32.8 Å². The minimum Gasteiger partial charge on any atom is -0.433 e. The van der Waals surface area contributed by atoms with Crippen molar-refractivity contribution >= 4 is 21.6 Å². The number of sulfonamides is 1. The summed E-state index contributed by atoms with van der Waals surface area (Å²) in [6, 6.07) is 3.13. The first-order valence-corrected chi connectivity index (χ1v) is 7.54. The number of aliphatic hydroxyl groups excluding tert-OH is 1. The van der Waals surface area contributed by atoms with Crippen LogP contribution in [0.3, 0.4) is 0 Å². The smallest absolute Gasteiger partial charge is 0.387 e. The van der Waals surface area contributed by atoms with Crippen LogP contribution in [0.4, 0.5) is 8.78 Å². The third-order valence-electron chi connectivity index (χ3n) is 2.41. The topological polar surface area (TPSA) is 75.6 Å². The monoisotopic (exact) mass is 329 g/mol. The number of hydrogen-bond acceptors (Lipinski definition) is 4. The van der Waals surface area contributed by atoms with E-state index in [9.17, 15) is 22.3 Å². The predicted molar refractivity (Wildman–Crippen MR) is 69.6 cm³/mol. The van der Waals surface area contributed by atoms with Gasteiger partial charge in [0.1, 0.15) is 5.75 Å². The molecule has 0 fully saturated rings. The van der Waals surface area contributed by atoms with Crippen molar-refractivity contribution in [1.82, 2.24) is 4.72 Å². The molecule has 0 saturated carbocycles. The van der Waals surface area contributed by atoms with Gasteiger partial charge >= 0.3 is 6.61 Å². The molecule has 20 heavy (non-hydrogen) atoms. The Morgan fingerprint density at radius 3 is 2.60 bits per heavy atom. The van der Waals surface area contributed by atoms with Crippen LogP contribution in [0.1, 0.15) is 13.3 Å². The Morgan fingerprint density at radius 2 is 2.10 bits per heavy atom. The predicted octanol–water partition coefficient (Wildman–Crippen LogP) is 1.99. The summed E-state index contributed by atoms with van der Waals surface area (Å²) in [4.78, 5) is -0.201. The van der Waals surface area contributed by atoms with E-state index < -0.39 is 22.7 Å². The second-order valence-corrected chi connectivity index (χ2v) is 6.06. The largest absolute Gasteiger partial charge is 0.433 e.